The lowest BCUT2D eigenvalue weighted by Crippen LogP contribution is -2.15. The Hall–Kier alpha value is -5.20. The lowest BCUT2D eigenvalue weighted by atomic mass is 9.71. The summed E-state index contributed by atoms with van der Waals surface area (Å²) in [6.45, 7) is 0. The zero-order valence-electron chi connectivity index (χ0n) is 23.3. The first-order valence-electron chi connectivity index (χ1n) is 14.8. The predicted molar refractivity (Wildman–Crippen MR) is 179 cm³/mol. The van der Waals surface area contributed by atoms with Crippen molar-refractivity contribution >= 4 is 43.1 Å². The van der Waals surface area contributed by atoms with Crippen molar-refractivity contribution in [1.29, 1.82) is 0 Å². The highest BCUT2D eigenvalue weighted by molar-refractivity contribution is 6.10. The molecule has 2 atom stereocenters. The monoisotopic (exact) mass is 534 g/mol. The third-order valence-corrected chi connectivity index (χ3v) is 8.96. The van der Waals surface area contributed by atoms with E-state index in [1.165, 1.54) is 65.3 Å². The van der Waals surface area contributed by atoms with E-state index in [1.54, 1.807) is 0 Å². The summed E-state index contributed by atoms with van der Waals surface area (Å²) in [6.07, 6.45) is 0. The molecule has 42 heavy (non-hydrogen) atoms. The van der Waals surface area contributed by atoms with E-state index >= 15 is 0 Å². The maximum atomic E-state index is 2.35. The lowest BCUT2D eigenvalue weighted by molar-refractivity contribution is 0.703. The highest BCUT2D eigenvalue weighted by atomic mass is 14.3. The van der Waals surface area contributed by atoms with Crippen molar-refractivity contribution in [2.24, 2.45) is 0 Å². The Kier molecular flexibility index (Phi) is 6.04. The summed E-state index contributed by atoms with van der Waals surface area (Å²) >= 11 is 0. The van der Waals surface area contributed by atoms with E-state index in [1.807, 2.05) is 0 Å². The van der Waals surface area contributed by atoms with E-state index in [0.717, 1.165) is 0 Å². The van der Waals surface area contributed by atoms with Crippen molar-refractivity contribution in [3.8, 4) is 0 Å². The largest absolute Gasteiger partial charge is 0.0622 e. The average molecular weight is 535 g/mol. The number of hydrogen-bond donors (Lipinski definition) is 0. The van der Waals surface area contributed by atoms with Crippen LogP contribution >= 0.6 is 0 Å². The Morgan fingerprint density at radius 3 is 1.07 bits per heavy atom. The van der Waals surface area contributed by atoms with Gasteiger partial charge in [-0.05, 0) is 65.3 Å². The lowest BCUT2D eigenvalue weighted by Gasteiger charge is -2.31. The van der Waals surface area contributed by atoms with Crippen molar-refractivity contribution in [3.63, 3.8) is 0 Å². The maximum Gasteiger partial charge on any atom is 0.0205 e. The molecule has 8 aromatic carbocycles. The molecule has 0 heteroatoms. The molecule has 0 saturated carbocycles. The summed E-state index contributed by atoms with van der Waals surface area (Å²) in [6, 6.07) is 62.7. The van der Waals surface area contributed by atoms with Crippen LogP contribution < -0.4 is 0 Å². The van der Waals surface area contributed by atoms with E-state index in [0.29, 0.717) is 0 Å². The fourth-order valence-electron chi connectivity index (χ4n) is 7.10. The van der Waals surface area contributed by atoms with Gasteiger partial charge in [0.1, 0.15) is 0 Å². The van der Waals surface area contributed by atoms with Crippen molar-refractivity contribution in [1.82, 2.24) is 0 Å². The zero-order chi connectivity index (χ0) is 27.9. The molecule has 8 aromatic rings. The van der Waals surface area contributed by atoms with Crippen LogP contribution in [0.15, 0.2) is 170 Å². The minimum atomic E-state index is 0.107. The molecule has 0 amide bonds. The number of hydrogen-bond acceptors (Lipinski definition) is 0. The first-order valence-corrected chi connectivity index (χ1v) is 14.8. The van der Waals surface area contributed by atoms with Gasteiger partial charge in [-0.1, -0.05) is 170 Å². The van der Waals surface area contributed by atoms with Gasteiger partial charge in [-0.15, -0.1) is 0 Å². The Balaban J connectivity index is 1.47. The van der Waals surface area contributed by atoms with Crippen LogP contribution in [-0.2, 0) is 0 Å². The summed E-state index contributed by atoms with van der Waals surface area (Å²) in [5.74, 6) is 0.214. The molecular weight excluding hydrogens is 504 g/mol. The van der Waals surface area contributed by atoms with Crippen molar-refractivity contribution in [2.75, 3.05) is 0 Å². The molecule has 0 N–H and O–H groups in total. The summed E-state index contributed by atoms with van der Waals surface area (Å²) in [5, 5.41) is 10.4. The summed E-state index contributed by atoms with van der Waals surface area (Å²) in [4.78, 5) is 0. The second kappa shape index (κ2) is 10.3. The van der Waals surface area contributed by atoms with Gasteiger partial charge in [0.2, 0.25) is 0 Å². The van der Waals surface area contributed by atoms with E-state index in [9.17, 15) is 0 Å². The fourth-order valence-corrected chi connectivity index (χ4v) is 7.10. The van der Waals surface area contributed by atoms with Gasteiger partial charge in [-0.3, -0.25) is 0 Å². The molecule has 0 bridgehead atoms. The molecular formula is C42H30. The molecule has 0 saturated heterocycles. The molecule has 0 aliphatic carbocycles. The van der Waals surface area contributed by atoms with Gasteiger partial charge in [-0.2, -0.15) is 0 Å². The van der Waals surface area contributed by atoms with Crippen LogP contribution in [0.5, 0.6) is 0 Å². The fraction of sp³-hybridized carbons (Fsp3) is 0.0476. The number of fused-ring (bicyclic) bond motifs is 6. The topological polar surface area (TPSA) is 0 Å². The Labute approximate surface area is 246 Å². The van der Waals surface area contributed by atoms with E-state index < -0.39 is 0 Å². The Morgan fingerprint density at radius 1 is 0.238 bits per heavy atom. The smallest absolute Gasteiger partial charge is 0.0205 e. The summed E-state index contributed by atoms with van der Waals surface area (Å²) < 4.78 is 0. The number of benzene rings is 8. The van der Waals surface area contributed by atoms with Crippen molar-refractivity contribution < 1.29 is 0 Å². The van der Waals surface area contributed by atoms with Crippen molar-refractivity contribution in [2.45, 2.75) is 11.8 Å². The quantitative estimate of drug-likeness (QED) is 0.193. The molecule has 8 rings (SSSR count). The highest BCUT2D eigenvalue weighted by Crippen LogP contribution is 2.47. The molecule has 0 fully saturated rings. The summed E-state index contributed by atoms with van der Waals surface area (Å²) in [5.41, 5.74) is 5.36. The Bertz CT molecular complexity index is 2030. The minimum absolute atomic E-state index is 0.107. The van der Waals surface area contributed by atoms with Crippen LogP contribution in [0.3, 0.4) is 0 Å². The first-order chi connectivity index (χ1) is 20.9. The van der Waals surface area contributed by atoms with Crippen LogP contribution in [-0.4, -0.2) is 0 Å². The van der Waals surface area contributed by atoms with Crippen LogP contribution in [0.25, 0.3) is 43.1 Å². The molecule has 198 valence electrons. The van der Waals surface area contributed by atoms with Crippen LogP contribution in [0, 0.1) is 0 Å². The van der Waals surface area contributed by atoms with Gasteiger partial charge in [0.25, 0.3) is 0 Å². The zero-order valence-corrected chi connectivity index (χ0v) is 23.3. The van der Waals surface area contributed by atoms with Gasteiger partial charge in [0, 0.05) is 11.8 Å². The molecule has 0 aromatic heterocycles. The van der Waals surface area contributed by atoms with Crippen molar-refractivity contribution in [3.05, 3.63) is 192 Å². The van der Waals surface area contributed by atoms with E-state index in [4.69, 9.17) is 0 Å². The van der Waals surface area contributed by atoms with Gasteiger partial charge < -0.3 is 0 Å². The summed E-state index contributed by atoms with van der Waals surface area (Å²) in [7, 11) is 0. The van der Waals surface area contributed by atoms with Gasteiger partial charge in [0.15, 0.2) is 0 Å². The third-order valence-electron chi connectivity index (χ3n) is 8.96. The van der Waals surface area contributed by atoms with Gasteiger partial charge in [-0.25, -0.2) is 0 Å². The van der Waals surface area contributed by atoms with Gasteiger partial charge in [0.05, 0.1) is 0 Å². The second-order valence-electron chi connectivity index (χ2n) is 11.2. The molecule has 0 aliphatic heterocycles. The highest BCUT2D eigenvalue weighted by Gasteiger charge is 2.30. The molecule has 0 unspecified atom stereocenters. The first kappa shape index (κ1) is 24.6. The molecule has 0 heterocycles. The van der Waals surface area contributed by atoms with Crippen LogP contribution in [0.4, 0.5) is 0 Å². The normalized spacial score (nSPS) is 13.0. The SMILES string of the molecule is c1ccc([C@@H](c2cccc3c2ccc2ccccc23)[C@@H](c2ccccc2)c2cccc3c2ccc2ccccc23)cc1. The molecule has 0 nitrogen and oxygen atoms in total. The average Bonchev–Trinajstić information content (AvgIpc) is 3.07. The van der Waals surface area contributed by atoms with Crippen LogP contribution in [0.1, 0.15) is 34.1 Å². The minimum Gasteiger partial charge on any atom is -0.0622 e. The standard InChI is InChI=1S/C42H30/c1-3-15-31(16-4-1)41(39-23-11-21-35-33-19-9-7-13-29(33)25-27-37(35)39)42(32-17-5-2-6-18-32)40-24-12-22-36-34-20-10-8-14-30(34)26-28-38(36)40/h1-28,41-42H/t41-,42-/m0/s1. The molecule has 0 spiro atoms. The second-order valence-corrected chi connectivity index (χ2v) is 11.2. The maximum absolute atomic E-state index is 2.35. The predicted octanol–water partition coefficient (Wildman–Crippen LogP) is 11.3. The molecule has 0 aliphatic rings. The van der Waals surface area contributed by atoms with Crippen LogP contribution in [0.2, 0.25) is 0 Å². The molecule has 0 radical (unpaired) electrons. The van der Waals surface area contributed by atoms with E-state index in [-0.39, 0.29) is 11.8 Å². The van der Waals surface area contributed by atoms with E-state index in [2.05, 4.69) is 170 Å². The number of rotatable bonds is 5. The van der Waals surface area contributed by atoms with Gasteiger partial charge >= 0.3 is 0 Å². The third kappa shape index (κ3) is 4.07. The Morgan fingerprint density at radius 2 is 0.619 bits per heavy atom.